The molecule has 1 aliphatic rings. The summed E-state index contributed by atoms with van der Waals surface area (Å²) < 4.78 is 8.14. The van der Waals surface area contributed by atoms with Crippen LogP contribution in [0.5, 0.6) is 5.75 Å². The number of amides is 1. The summed E-state index contributed by atoms with van der Waals surface area (Å²) in [6.07, 6.45) is 0.700. The maximum Gasteiger partial charge on any atom is 0.227 e. The number of carbonyl (C=O) groups excluding carboxylic acids is 1. The van der Waals surface area contributed by atoms with Gasteiger partial charge in [0.25, 0.3) is 0 Å². The number of benzene rings is 1. The Hall–Kier alpha value is -2.15. The van der Waals surface area contributed by atoms with Crippen LogP contribution in [0.15, 0.2) is 24.3 Å². The molecule has 1 aromatic heterocycles. The van der Waals surface area contributed by atoms with E-state index in [1.165, 1.54) is 0 Å². The molecule has 6 nitrogen and oxygen atoms in total. The summed E-state index contributed by atoms with van der Waals surface area (Å²) in [4.78, 5) is 12.6. The molecule has 0 spiro atoms. The minimum absolute atomic E-state index is 0.0341. The summed E-state index contributed by atoms with van der Waals surface area (Å²) >= 11 is 5.26. The van der Waals surface area contributed by atoms with E-state index >= 15 is 0 Å². The summed E-state index contributed by atoms with van der Waals surface area (Å²) in [5.41, 5.74) is 0.962. The molecule has 0 aliphatic carbocycles. The van der Waals surface area contributed by atoms with Gasteiger partial charge >= 0.3 is 0 Å². The maximum atomic E-state index is 12.6. The fourth-order valence-electron chi connectivity index (χ4n) is 3.02. The minimum Gasteiger partial charge on any atom is -0.493 e. The summed E-state index contributed by atoms with van der Waals surface area (Å²) in [6, 6.07) is 7.73. The highest BCUT2D eigenvalue weighted by atomic mass is 32.1. The van der Waals surface area contributed by atoms with Crippen LogP contribution in [-0.4, -0.2) is 33.8 Å². The van der Waals surface area contributed by atoms with Crippen LogP contribution in [0.1, 0.15) is 43.5 Å². The van der Waals surface area contributed by atoms with Crippen molar-refractivity contribution in [3.8, 4) is 5.75 Å². The van der Waals surface area contributed by atoms with Crippen LogP contribution in [0.2, 0.25) is 0 Å². The minimum atomic E-state index is -0.156. The number of carbonyl (C=O) groups is 1. The van der Waals surface area contributed by atoms with Crippen LogP contribution in [0, 0.1) is 4.77 Å². The Bertz CT molecular complexity index is 781. The van der Waals surface area contributed by atoms with Crippen LogP contribution >= 0.6 is 12.2 Å². The molecule has 1 aliphatic heterocycles. The van der Waals surface area contributed by atoms with E-state index in [0.717, 1.165) is 17.1 Å². The average Bonchev–Trinajstić information content (AvgIpc) is 2.95. The van der Waals surface area contributed by atoms with Gasteiger partial charge < -0.3 is 14.6 Å². The Morgan fingerprint density at radius 1 is 1.50 bits per heavy atom. The van der Waals surface area contributed by atoms with Gasteiger partial charge in [0.15, 0.2) is 4.77 Å². The zero-order valence-corrected chi connectivity index (χ0v) is 14.7. The summed E-state index contributed by atoms with van der Waals surface area (Å²) in [5, 5.41) is 10.1. The highest BCUT2D eigenvalue weighted by molar-refractivity contribution is 7.71. The molecule has 1 amide bonds. The van der Waals surface area contributed by atoms with Gasteiger partial charge in [-0.05, 0) is 24.7 Å². The first-order valence-electron chi connectivity index (χ1n) is 8.22. The Morgan fingerprint density at radius 3 is 3.08 bits per heavy atom. The van der Waals surface area contributed by atoms with Crippen molar-refractivity contribution in [2.24, 2.45) is 0 Å². The lowest BCUT2D eigenvalue weighted by Gasteiger charge is -2.25. The standard InChI is InChI=1S/C17H22N4O2S/c1-11(2)15-19-20-17(24)21(15)9-8-18-16(22)13-7-10-23-14-6-4-3-5-12(13)14/h3-6,11,13H,7-10H2,1-2H3,(H,18,22)(H,20,24)/t13-/m1/s1. The Labute approximate surface area is 146 Å². The van der Waals surface area contributed by atoms with Crippen LogP contribution in [0.4, 0.5) is 0 Å². The van der Waals surface area contributed by atoms with Crippen molar-refractivity contribution in [1.29, 1.82) is 0 Å². The topological polar surface area (TPSA) is 71.9 Å². The number of H-pyrrole nitrogens is 1. The lowest BCUT2D eigenvalue weighted by atomic mass is 9.92. The van der Waals surface area contributed by atoms with Crippen molar-refractivity contribution < 1.29 is 9.53 Å². The van der Waals surface area contributed by atoms with Crippen molar-refractivity contribution in [3.05, 3.63) is 40.4 Å². The van der Waals surface area contributed by atoms with Gasteiger partial charge in [0.2, 0.25) is 5.91 Å². The molecule has 0 saturated carbocycles. The highest BCUT2D eigenvalue weighted by Crippen LogP contribution is 2.33. The molecular weight excluding hydrogens is 324 g/mol. The molecule has 24 heavy (non-hydrogen) atoms. The second-order valence-corrected chi connectivity index (χ2v) is 6.60. The summed E-state index contributed by atoms with van der Waals surface area (Å²) in [7, 11) is 0. The van der Waals surface area contributed by atoms with E-state index in [9.17, 15) is 4.79 Å². The van der Waals surface area contributed by atoms with Crippen LogP contribution in [-0.2, 0) is 11.3 Å². The molecular formula is C17H22N4O2S. The summed E-state index contributed by atoms with van der Waals surface area (Å²) in [5.74, 6) is 1.87. The number of hydrogen-bond acceptors (Lipinski definition) is 4. The molecule has 7 heteroatoms. The van der Waals surface area contributed by atoms with Gasteiger partial charge in [-0.15, -0.1) is 0 Å². The molecule has 128 valence electrons. The second kappa shape index (κ2) is 7.17. The third-order valence-electron chi connectivity index (χ3n) is 4.21. The number of fused-ring (bicyclic) bond motifs is 1. The van der Waals surface area contributed by atoms with E-state index in [4.69, 9.17) is 17.0 Å². The second-order valence-electron chi connectivity index (χ2n) is 6.21. The molecule has 0 unspecified atom stereocenters. The third kappa shape index (κ3) is 3.36. The van der Waals surface area contributed by atoms with Crippen LogP contribution < -0.4 is 10.1 Å². The van der Waals surface area contributed by atoms with Gasteiger partial charge in [0.1, 0.15) is 11.6 Å². The quantitative estimate of drug-likeness (QED) is 0.817. The molecule has 2 aromatic rings. The predicted octanol–water partition coefficient (Wildman–Crippen LogP) is 2.75. The molecule has 0 fully saturated rings. The van der Waals surface area contributed by atoms with E-state index in [0.29, 0.717) is 30.9 Å². The largest absolute Gasteiger partial charge is 0.493 e. The van der Waals surface area contributed by atoms with E-state index in [1.54, 1.807) is 0 Å². The molecule has 1 atom stereocenters. The number of para-hydroxylation sites is 1. The normalized spacial score (nSPS) is 16.5. The van der Waals surface area contributed by atoms with Gasteiger partial charge in [-0.2, -0.15) is 5.10 Å². The summed E-state index contributed by atoms with van der Waals surface area (Å²) in [6.45, 7) is 5.84. The molecule has 2 heterocycles. The van der Waals surface area contributed by atoms with Crippen molar-refractivity contribution >= 4 is 18.1 Å². The Kier molecular flexibility index (Phi) is 4.99. The first-order valence-corrected chi connectivity index (χ1v) is 8.63. The van der Waals surface area contributed by atoms with E-state index in [2.05, 4.69) is 29.4 Å². The number of nitrogens with one attached hydrogen (secondary N) is 2. The van der Waals surface area contributed by atoms with Gasteiger partial charge in [-0.25, -0.2) is 0 Å². The van der Waals surface area contributed by atoms with Crippen molar-refractivity contribution in [1.82, 2.24) is 20.1 Å². The smallest absolute Gasteiger partial charge is 0.227 e. The number of ether oxygens (including phenoxy) is 1. The molecule has 0 bridgehead atoms. The number of aromatic amines is 1. The maximum absolute atomic E-state index is 12.6. The fourth-order valence-corrected chi connectivity index (χ4v) is 3.25. The zero-order valence-electron chi connectivity index (χ0n) is 13.9. The molecule has 0 saturated heterocycles. The lowest BCUT2D eigenvalue weighted by Crippen LogP contribution is -2.34. The average molecular weight is 346 g/mol. The van der Waals surface area contributed by atoms with Crippen molar-refractivity contribution in [3.63, 3.8) is 0 Å². The number of rotatable bonds is 5. The Morgan fingerprint density at radius 2 is 2.29 bits per heavy atom. The predicted molar refractivity (Wildman–Crippen MR) is 93.8 cm³/mol. The molecule has 1 aromatic carbocycles. The number of hydrogen-bond donors (Lipinski definition) is 2. The Balaban J connectivity index is 1.63. The van der Waals surface area contributed by atoms with E-state index in [-0.39, 0.29) is 17.7 Å². The van der Waals surface area contributed by atoms with Gasteiger partial charge in [-0.3, -0.25) is 9.89 Å². The van der Waals surface area contributed by atoms with Gasteiger partial charge in [-0.1, -0.05) is 32.0 Å². The molecule has 3 rings (SSSR count). The number of nitrogens with zero attached hydrogens (tertiary/aromatic N) is 2. The van der Waals surface area contributed by atoms with Gasteiger partial charge in [0.05, 0.1) is 12.5 Å². The van der Waals surface area contributed by atoms with Gasteiger partial charge in [0, 0.05) is 24.6 Å². The van der Waals surface area contributed by atoms with Crippen LogP contribution in [0.3, 0.4) is 0 Å². The van der Waals surface area contributed by atoms with Crippen molar-refractivity contribution in [2.45, 2.75) is 38.6 Å². The fraction of sp³-hybridized carbons (Fsp3) is 0.471. The monoisotopic (exact) mass is 346 g/mol. The zero-order chi connectivity index (χ0) is 17.1. The molecule has 2 N–H and O–H groups in total. The SMILES string of the molecule is CC(C)c1n[nH]c(=S)n1CCNC(=O)[C@@H]1CCOc2ccccc21. The van der Waals surface area contributed by atoms with E-state index in [1.807, 2.05) is 28.8 Å². The number of aromatic nitrogens is 3. The lowest BCUT2D eigenvalue weighted by molar-refractivity contribution is -0.123. The van der Waals surface area contributed by atoms with Crippen molar-refractivity contribution in [2.75, 3.05) is 13.2 Å². The molecule has 0 radical (unpaired) electrons. The van der Waals surface area contributed by atoms with Crippen LogP contribution in [0.25, 0.3) is 0 Å². The van der Waals surface area contributed by atoms with E-state index < -0.39 is 0 Å². The first-order chi connectivity index (χ1) is 11.6. The third-order valence-corrected chi connectivity index (χ3v) is 4.53. The first kappa shape index (κ1) is 16.7. The highest BCUT2D eigenvalue weighted by Gasteiger charge is 2.27.